The van der Waals surface area contributed by atoms with Gasteiger partial charge in [-0.25, -0.2) is 17.6 Å². The minimum atomic E-state index is -1.13. The summed E-state index contributed by atoms with van der Waals surface area (Å²) < 4.78 is 56.9. The number of amides is 2. The first-order chi connectivity index (χ1) is 17.1. The Bertz CT molecular complexity index is 1520. The Kier molecular flexibility index (Phi) is 5.57. The maximum atomic E-state index is 14.3. The highest BCUT2D eigenvalue weighted by Gasteiger charge is 2.39. The van der Waals surface area contributed by atoms with Crippen LogP contribution in [0.3, 0.4) is 0 Å². The fourth-order valence-corrected chi connectivity index (χ4v) is 4.70. The van der Waals surface area contributed by atoms with Crippen molar-refractivity contribution in [1.29, 1.82) is 0 Å². The van der Waals surface area contributed by atoms with Gasteiger partial charge in [-0.05, 0) is 37.5 Å². The first kappa shape index (κ1) is 23.6. The standard InChI is InChI=1S/C25H19F4N3O4/c1-11-16(26)5-3-13(20(11)29)8-30-24(35)15-10-31-14-4-2-12-6-17(27)18(28)7-19(12)32(9-14)25(36)21(31)23(34)22(15)33/h3,5-7,10,14,34H,2,4,8-9H2,1H3,(H,30,35)/t14-/m0/s1. The van der Waals surface area contributed by atoms with E-state index in [1.165, 1.54) is 16.4 Å². The molecule has 2 aliphatic heterocycles. The van der Waals surface area contributed by atoms with Crippen molar-refractivity contribution >= 4 is 17.5 Å². The number of hydrogen-bond donors (Lipinski definition) is 2. The number of hydrogen-bond acceptors (Lipinski definition) is 4. The third-order valence-corrected chi connectivity index (χ3v) is 6.69. The molecule has 2 aliphatic rings. The largest absolute Gasteiger partial charge is 0.503 e. The number of carbonyl (C=O) groups excluding carboxylic acids is 2. The van der Waals surface area contributed by atoms with Crippen LogP contribution < -0.4 is 15.6 Å². The van der Waals surface area contributed by atoms with Gasteiger partial charge in [-0.2, -0.15) is 0 Å². The molecule has 1 aromatic heterocycles. The zero-order valence-corrected chi connectivity index (χ0v) is 18.9. The Morgan fingerprint density at radius 1 is 1.11 bits per heavy atom. The van der Waals surface area contributed by atoms with Crippen molar-refractivity contribution in [3.8, 4) is 5.75 Å². The number of benzene rings is 2. The first-order valence-corrected chi connectivity index (χ1v) is 11.1. The predicted molar refractivity (Wildman–Crippen MR) is 120 cm³/mol. The van der Waals surface area contributed by atoms with Crippen LogP contribution in [0.2, 0.25) is 0 Å². The fraction of sp³-hybridized carbons (Fsp3) is 0.240. The molecule has 1 atom stereocenters. The molecule has 3 heterocycles. The SMILES string of the molecule is Cc1c(F)ccc(CNC(=O)c2cn3c(c(O)c2=O)C(=O)N2C[C@@H]3CCc3cc(F)c(F)cc32)c1F. The van der Waals surface area contributed by atoms with Gasteiger partial charge in [0.2, 0.25) is 5.43 Å². The molecule has 0 fully saturated rings. The van der Waals surface area contributed by atoms with Gasteiger partial charge in [-0.1, -0.05) is 6.07 Å². The minimum absolute atomic E-state index is 0.00338. The lowest BCUT2D eigenvalue weighted by Gasteiger charge is -2.35. The van der Waals surface area contributed by atoms with Crippen LogP contribution in [0.25, 0.3) is 0 Å². The average Bonchev–Trinajstić information content (AvgIpc) is 3.00. The van der Waals surface area contributed by atoms with E-state index in [9.17, 15) is 37.1 Å². The van der Waals surface area contributed by atoms with E-state index in [0.29, 0.717) is 12.0 Å². The number of rotatable bonds is 3. The van der Waals surface area contributed by atoms with Crippen molar-refractivity contribution < 1.29 is 32.3 Å². The Balaban J connectivity index is 1.50. The van der Waals surface area contributed by atoms with Crippen LogP contribution in [0.15, 0.2) is 35.3 Å². The predicted octanol–water partition coefficient (Wildman–Crippen LogP) is 3.50. The number of pyridine rings is 1. The van der Waals surface area contributed by atoms with Gasteiger partial charge in [0.25, 0.3) is 11.8 Å². The maximum Gasteiger partial charge on any atom is 0.279 e. The lowest BCUT2D eigenvalue weighted by molar-refractivity contribution is 0.0929. The summed E-state index contributed by atoms with van der Waals surface area (Å²) in [5.41, 5.74) is -1.64. The maximum absolute atomic E-state index is 14.3. The number of fused-ring (bicyclic) bond motifs is 6. The summed E-state index contributed by atoms with van der Waals surface area (Å²) in [6, 6.07) is 3.64. The normalized spacial score (nSPS) is 16.3. The van der Waals surface area contributed by atoms with E-state index in [0.717, 1.165) is 30.5 Å². The van der Waals surface area contributed by atoms with Gasteiger partial charge in [0.1, 0.15) is 17.2 Å². The van der Waals surface area contributed by atoms with Gasteiger partial charge < -0.3 is 19.9 Å². The van der Waals surface area contributed by atoms with Crippen molar-refractivity contribution in [2.24, 2.45) is 0 Å². The molecule has 0 spiro atoms. The molecule has 7 nitrogen and oxygen atoms in total. The molecule has 2 amide bonds. The molecule has 0 radical (unpaired) electrons. The van der Waals surface area contributed by atoms with E-state index in [4.69, 9.17) is 0 Å². The molecule has 3 aromatic rings. The van der Waals surface area contributed by atoms with Gasteiger partial charge in [0, 0.05) is 36.5 Å². The molecular weight excluding hydrogens is 482 g/mol. The number of aromatic hydroxyl groups is 1. The second kappa shape index (κ2) is 8.51. The van der Waals surface area contributed by atoms with E-state index >= 15 is 0 Å². The number of halogens is 4. The van der Waals surface area contributed by atoms with Crippen molar-refractivity contribution in [2.75, 3.05) is 11.4 Å². The summed E-state index contributed by atoms with van der Waals surface area (Å²) in [7, 11) is 0. The fourth-order valence-electron chi connectivity index (χ4n) is 4.70. The zero-order valence-electron chi connectivity index (χ0n) is 18.9. The van der Waals surface area contributed by atoms with Gasteiger partial charge in [-0.15, -0.1) is 0 Å². The van der Waals surface area contributed by atoms with Crippen LogP contribution in [0.1, 0.15) is 50.0 Å². The van der Waals surface area contributed by atoms with E-state index in [-0.39, 0.29) is 42.0 Å². The summed E-state index contributed by atoms with van der Waals surface area (Å²) in [6.45, 7) is 0.946. The quantitative estimate of drug-likeness (QED) is 0.538. The summed E-state index contributed by atoms with van der Waals surface area (Å²) in [6.07, 6.45) is 1.77. The number of nitrogens with one attached hydrogen (secondary N) is 1. The number of anilines is 1. The second-order valence-electron chi connectivity index (χ2n) is 8.81. The van der Waals surface area contributed by atoms with Gasteiger partial charge in [0.05, 0.1) is 11.7 Å². The molecular formula is C25H19F4N3O4. The van der Waals surface area contributed by atoms with Crippen LogP contribution in [0.4, 0.5) is 23.2 Å². The van der Waals surface area contributed by atoms with E-state index < -0.39 is 57.9 Å². The molecule has 11 heteroatoms. The monoisotopic (exact) mass is 501 g/mol. The van der Waals surface area contributed by atoms with E-state index in [1.54, 1.807) is 0 Å². The lowest BCUT2D eigenvalue weighted by atomic mass is 10.0. The van der Waals surface area contributed by atoms with Crippen molar-refractivity contribution in [2.45, 2.75) is 32.4 Å². The first-order valence-electron chi connectivity index (χ1n) is 11.1. The summed E-state index contributed by atoms with van der Waals surface area (Å²) >= 11 is 0. The topological polar surface area (TPSA) is 91.6 Å². The van der Waals surface area contributed by atoms with Gasteiger partial charge in [-0.3, -0.25) is 14.4 Å². The summed E-state index contributed by atoms with van der Waals surface area (Å²) in [4.78, 5) is 40.0. The summed E-state index contributed by atoms with van der Waals surface area (Å²) in [5, 5.41) is 13.0. The summed E-state index contributed by atoms with van der Waals surface area (Å²) in [5.74, 6) is -6.45. The molecule has 0 unspecified atom stereocenters. The Morgan fingerprint density at radius 3 is 2.58 bits per heavy atom. The molecule has 0 saturated carbocycles. The zero-order chi connectivity index (χ0) is 25.9. The Labute approximate surface area is 201 Å². The number of nitrogens with zero attached hydrogens (tertiary/aromatic N) is 2. The van der Waals surface area contributed by atoms with Crippen LogP contribution >= 0.6 is 0 Å². The molecule has 0 aliphatic carbocycles. The molecule has 2 aromatic carbocycles. The van der Waals surface area contributed by atoms with Crippen LogP contribution in [-0.4, -0.2) is 28.0 Å². The van der Waals surface area contributed by atoms with Crippen molar-refractivity contribution in [3.05, 3.63) is 91.9 Å². The van der Waals surface area contributed by atoms with Crippen molar-refractivity contribution in [3.63, 3.8) is 0 Å². The smallest absolute Gasteiger partial charge is 0.279 e. The number of carbonyl (C=O) groups is 2. The molecule has 0 saturated heterocycles. The molecule has 186 valence electrons. The van der Waals surface area contributed by atoms with E-state index in [1.807, 2.05) is 0 Å². The van der Waals surface area contributed by atoms with Crippen molar-refractivity contribution in [1.82, 2.24) is 9.88 Å². The highest BCUT2D eigenvalue weighted by atomic mass is 19.2. The number of aryl methyl sites for hydroxylation is 1. The third kappa shape index (κ3) is 3.62. The van der Waals surface area contributed by atoms with E-state index in [2.05, 4.69) is 5.32 Å². The van der Waals surface area contributed by atoms with Crippen LogP contribution in [-0.2, 0) is 13.0 Å². The lowest BCUT2D eigenvalue weighted by Crippen LogP contribution is -2.44. The second-order valence-corrected chi connectivity index (χ2v) is 8.81. The minimum Gasteiger partial charge on any atom is -0.503 e. The molecule has 2 N–H and O–H groups in total. The van der Waals surface area contributed by atoms with Crippen LogP contribution in [0.5, 0.6) is 5.75 Å². The van der Waals surface area contributed by atoms with Crippen LogP contribution in [0, 0.1) is 30.2 Å². The molecule has 36 heavy (non-hydrogen) atoms. The van der Waals surface area contributed by atoms with Gasteiger partial charge >= 0.3 is 0 Å². The molecule has 2 bridgehead atoms. The van der Waals surface area contributed by atoms with Gasteiger partial charge in [0.15, 0.2) is 23.1 Å². The average molecular weight is 501 g/mol. The highest BCUT2D eigenvalue weighted by molar-refractivity contribution is 6.08. The Hall–Kier alpha value is -4.15. The highest BCUT2D eigenvalue weighted by Crippen LogP contribution is 2.38. The Morgan fingerprint density at radius 2 is 1.83 bits per heavy atom. The third-order valence-electron chi connectivity index (χ3n) is 6.69. The molecule has 5 rings (SSSR count). The number of aromatic nitrogens is 1.